The quantitative estimate of drug-likeness (QED) is 0.0704. The van der Waals surface area contributed by atoms with Crippen molar-refractivity contribution in [1.82, 2.24) is 4.90 Å². The zero-order valence-electron chi connectivity index (χ0n) is 29.3. The summed E-state index contributed by atoms with van der Waals surface area (Å²) in [5.74, 6) is 0. The Balaban J connectivity index is 4.01. The first-order valence-electron chi connectivity index (χ1n) is 19.3. The van der Waals surface area contributed by atoms with Crippen LogP contribution in [0.25, 0.3) is 0 Å². The second kappa shape index (κ2) is 31.9. The SMILES string of the molecule is CCCCCCCCCCCCCCCN(CCCCCCCCCCCCCCC)C(C)(C)CCCCCC. The lowest BCUT2D eigenvalue weighted by molar-refractivity contribution is 0.102. The van der Waals surface area contributed by atoms with Crippen molar-refractivity contribution >= 4 is 0 Å². The molecule has 0 fully saturated rings. The van der Waals surface area contributed by atoms with Crippen LogP contribution in [0.5, 0.6) is 0 Å². The molecule has 0 aliphatic carbocycles. The van der Waals surface area contributed by atoms with E-state index >= 15 is 0 Å². The first kappa shape index (κ1) is 40.0. The topological polar surface area (TPSA) is 3.24 Å². The van der Waals surface area contributed by atoms with Gasteiger partial charge in [-0.05, 0) is 46.2 Å². The van der Waals surface area contributed by atoms with Crippen LogP contribution in [0.15, 0.2) is 0 Å². The summed E-state index contributed by atoms with van der Waals surface area (Å²) in [4.78, 5) is 2.90. The van der Waals surface area contributed by atoms with Crippen molar-refractivity contribution in [3.05, 3.63) is 0 Å². The fourth-order valence-electron chi connectivity index (χ4n) is 6.50. The third-order valence-corrected chi connectivity index (χ3v) is 9.56. The van der Waals surface area contributed by atoms with Crippen molar-refractivity contribution in [2.24, 2.45) is 0 Å². The van der Waals surface area contributed by atoms with Gasteiger partial charge in [-0.25, -0.2) is 0 Å². The van der Waals surface area contributed by atoms with Crippen LogP contribution in [0.1, 0.15) is 234 Å². The van der Waals surface area contributed by atoms with Crippen molar-refractivity contribution in [3.8, 4) is 0 Å². The number of hydrogen-bond donors (Lipinski definition) is 0. The maximum atomic E-state index is 2.90. The van der Waals surface area contributed by atoms with Gasteiger partial charge in [0.05, 0.1) is 0 Å². The number of nitrogens with zero attached hydrogens (tertiary/aromatic N) is 1. The van der Waals surface area contributed by atoms with Gasteiger partial charge in [0.25, 0.3) is 0 Å². The molecule has 0 aliphatic heterocycles. The number of unbranched alkanes of at least 4 members (excludes halogenated alkanes) is 27. The Morgan fingerprint density at radius 3 is 0.800 bits per heavy atom. The number of hydrogen-bond acceptors (Lipinski definition) is 1. The van der Waals surface area contributed by atoms with Gasteiger partial charge in [-0.2, -0.15) is 0 Å². The van der Waals surface area contributed by atoms with Gasteiger partial charge in [-0.3, -0.25) is 4.90 Å². The Hall–Kier alpha value is -0.0400. The lowest BCUT2D eigenvalue weighted by Crippen LogP contribution is -2.45. The van der Waals surface area contributed by atoms with Crippen molar-refractivity contribution in [1.29, 1.82) is 0 Å². The van der Waals surface area contributed by atoms with Gasteiger partial charge in [0.2, 0.25) is 0 Å². The minimum atomic E-state index is 0.377. The summed E-state index contributed by atoms with van der Waals surface area (Å²) in [5, 5.41) is 0. The van der Waals surface area contributed by atoms with Crippen molar-refractivity contribution in [2.75, 3.05) is 13.1 Å². The predicted molar refractivity (Wildman–Crippen MR) is 186 cm³/mol. The van der Waals surface area contributed by atoms with E-state index in [2.05, 4.69) is 39.5 Å². The molecule has 0 aromatic heterocycles. The Labute approximate surface area is 256 Å². The van der Waals surface area contributed by atoms with E-state index in [1.54, 1.807) is 0 Å². The highest BCUT2D eigenvalue weighted by atomic mass is 15.2. The summed E-state index contributed by atoms with van der Waals surface area (Å²) in [7, 11) is 0. The smallest absolute Gasteiger partial charge is 0.0153 e. The Morgan fingerprint density at radius 2 is 0.525 bits per heavy atom. The zero-order valence-corrected chi connectivity index (χ0v) is 29.3. The first-order chi connectivity index (χ1) is 19.6. The van der Waals surface area contributed by atoms with E-state index in [9.17, 15) is 0 Å². The second-order valence-electron chi connectivity index (χ2n) is 14.1. The van der Waals surface area contributed by atoms with Gasteiger partial charge in [0, 0.05) is 5.54 Å². The average Bonchev–Trinajstić information content (AvgIpc) is 2.94. The molecule has 242 valence electrons. The van der Waals surface area contributed by atoms with Crippen LogP contribution >= 0.6 is 0 Å². The summed E-state index contributed by atoms with van der Waals surface area (Å²) in [6.45, 7) is 14.7. The van der Waals surface area contributed by atoms with Gasteiger partial charge >= 0.3 is 0 Å². The number of rotatable bonds is 34. The van der Waals surface area contributed by atoms with Crippen LogP contribution in [0.3, 0.4) is 0 Å². The van der Waals surface area contributed by atoms with Crippen molar-refractivity contribution < 1.29 is 0 Å². The molecular formula is C39H81N. The largest absolute Gasteiger partial charge is 0.298 e. The van der Waals surface area contributed by atoms with Crippen LogP contribution < -0.4 is 0 Å². The Morgan fingerprint density at radius 1 is 0.300 bits per heavy atom. The molecule has 0 atom stereocenters. The summed E-state index contributed by atoms with van der Waals surface area (Å²) in [6.07, 6.45) is 44.8. The molecule has 0 saturated heterocycles. The molecule has 40 heavy (non-hydrogen) atoms. The minimum Gasteiger partial charge on any atom is -0.298 e. The molecule has 0 aromatic rings. The van der Waals surface area contributed by atoms with E-state index < -0.39 is 0 Å². The van der Waals surface area contributed by atoms with Crippen LogP contribution in [-0.4, -0.2) is 23.5 Å². The molecule has 0 aromatic carbocycles. The standard InChI is InChI=1S/C39H81N/c1-6-9-12-15-17-19-21-23-25-27-29-31-34-37-40(39(4,5)36-33-14-11-8-3)38-35-32-30-28-26-24-22-20-18-16-13-10-7-2/h6-38H2,1-5H3. The van der Waals surface area contributed by atoms with Crippen LogP contribution in [-0.2, 0) is 0 Å². The van der Waals surface area contributed by atoms with Gasteiger partial charge in [0.15, 0.2) is 0 Å². The first-order valence-corrected chi connectivity index (χ1v) is 19.3. The third kappa shape index (κ3) is 28.1. The maximum absolute atomic E-state index is 2.90. The Bertz CT molecular complexity index is 426. The summed E-state index contributed by atoms with van der Waals surface area (Å²) in [5.41, 5.74) is 0.377. The average molecular weight is 564 g/mol. The van der Waals surface area contributed by atoms with E-state index in [1.165, 1.54) is 212 Å². The third-order valence-electron chi connectivity index (χ3n) is 9.56. The molecule has 0 bridgehead atoms. The molecule has 1 nitrogen and oxygen atoms in total. The van der Waals surface area contributed by atoms with E-state index in [-0.39, 0.29) is 0 Å². The molecule has 0 unspecified atom stereocenters. The van der Waals surface area contributed by atoms with Gasteiger partial charge < -0.3 is 0 Å². The molecular weight excluding hydrogens is 482 g/mol. The molecule has 0 amide bonds. The van der Waals surface area contributed by atoms with E-state index in [0.717, 1.165) is 0 Å². The molecule has 0 radical (unpaired) electrons. The maximum Gasteiger partial charge on any atom is 0.0153 e. The highest BCUT2D eigenvalue weighted by Gasteiger charge is 2.25. The molecule has 0 N–H and O–H groups in total. The van der Waals surface area contributed by atoms with Crippen LogP contribution in [0, 0.1) is 0 Å². The Kier molecular flexibility index (Phi) is 31.9. The fraction of sp³-hybridized carbons (Fsp3) is 1.00. The molecule has 1 heteroatoms. The minimum absolute atomic E-state index is 0.377. The molecule has 0 aliphatic rings. The highest BCUT2D eigenvalue weighted by molar-refractivity contribution is 4.81. The van der Waals surface area contributed by atoms with Crippen molar-refractivity contribution in [2.45, 2.75) is 239 Å². The van der Waals surface area contributed by atoms with E-state index in [0.29, 0.717) is 5.54 Å². The van der Waals surface area contributed by atoms with Crippen LogP contribution in [0.4, 0.5) is 0 Å². The summed E-state index contributed by atoms with van der Waals surface area (Å²) >= 11 is 0. The zero-order chi connectivity index (χ0) is 29.4. The molecule has 0 spiro atoms. The predicted octanol–water partition coefficient (Wildman–Crippen LogP) is 14.2. The molecule has 0 heterocycles. The second-order valence-corrected chi connectivity index (χ2v) is 14.1. The van der Waals surface area contributed by atoms with Gasteiger partial charge in [-0.1, -0.05) is 201 Å². The summed E-state index contributed by atoms with van der Waals surface area (Å²) in [6, 6.07) is 0. The van der Waals surface area contributed by atoms with E-state index in [4.69, 9.17) is 0 Å². The molecule has 0 rings (SSSR count). The lowest BCUT2D eigenvalue weighted by atomic mass is 9.93. The monoisotopic (exact) mass is 564 g/mol. The van der Waals surface area contributed by atoms with E-state index in [1.807, 2.05) is 0 Å². The highest BCUT2D eigenvalue weighted by Crippen LogP contribution is 2.25. The molecule has 0 saturated carbocycles. The normalized spacial score (nSPS) is 12.2. The van der Waals surface area contributed by atoms with Gasteiger partial charge in [0.1, 0.15) is 0 Å². The van der Waals surface area contributed by atoms with Gasteiger partial charge in [-0.15, -0.1) is 0 Å². The summed E-state index contributed by atoms with van der Waals surface area (Å²) < 4.78 is 0. The van der Waals surface area contributed by atoms with Crippen LogP contribution in [0.2, 0.25) is 0 Å². The fourth-order valence-corrected chi connectivity index (χ4v) is 6.50. The lowest BCUT2D eigenvalue weighted by Gasteiger charge is -2.39. The van der Waals surface area contributed by atoms with Crippen molar-refractivity contribution in [3.63, 3.8) is 0 Å².